The summed E-state index contributed by atoms with van der Waals surface area (Å²) in [5.74, 6) is 0.0829. The quantitative estimate of drug-likeness (QED) is 0.657. The minimum atomic E-state index is 0.0829. The number of thiophene rings is 1. The molecule has 0 N–H and O–H groups in total. The number of aryl methyl sites for hydroxylation is 2. The molecule has 1 aliphatic carbocycles. The SMILES string of the molecule is CC(=O)c1cccc(-c2ncnc3sc4c(c23)CCCC4)c1. The molecule has 4 heteroatoms. The Morgan fingerprint density at radius 2 is 2.05 bits per heavy atom. The number of rotatable bonds is 2. The molecule has 0 unspecified atom stereocenters. The Morgan fingerprint density at radius 1 is 1.18 bits per heavy atom. The number of carbonyl (C=O) groups excluding carboxylic acids is 1. The zero-order valence-corrected chi connectivity index (χ0v) is 13.2. The molecule has 2 heterocycles. The fraction of sp³-hybridized carbons (Fsp3) is 0.278. The average molecular weight is 308 g/mol. The number of Topliss-reactive ketones (excluding diaryl/α,β-unsaturated/α-hetero) is 1. The third-order valence-corrected chi connectivity index (χ3v) is 5.49. The van der Waals surface area contributed by atoms with Crippen molar-refractivity contribution in [2.75, 3.05) is 0 Å². The Hall–Kier alpha value is -2.07. The third kappa shape index (κ3) is 2.15. The first-order valence-electron chi connectivity index (χ1n) is 7.60. The molecule has 0 amide bonds. The number of fused-ring (bicyclic) bond motifs is 3. The summed E-state index contributed by atoms with van der Waals surface area (Å²) in [6.07, 6.45) is 6.41. The van der Waals surface area contributed by atoms with E-state index in [2.05, 4.69) is 9.97 Å². The van der Waals surface area contributed by atoms with Crippen molar-refractivity contribution in [3.63, 3.8) is 0 Å². The molecule has 0 bridgehead atoms. The summed E-state index contributed by atoms with van der Waals surface area (Å²) in [7, 11) is 0. The van der Waals surface area contributed by atoms with Gasteiger partial charge in [-0.3, -0.25) is 4.79 Å². The topological polar surface area (TPSA) is 42.9 Å². The molecule has 0 radical (unpaired) electrons. The average Bonchev–Trinajstić information content (AvgIpc) is 2.93. The summed E-state index contributed by atoms with van der Waals surface area (Å²) in [4.78, 5) is 23.2. The molecular weight excluding hydrogens is 292 g/mol. The monoisotopic (exact) mass is 308 g/mol. The van der Waals surface area contributed by atoms with Gasteiger partial charge in [0.05, 0.1) is 5.69 Å². The van der Waals surface area contributed by atoms with E-state index in [9.17, 15) is 4.79 Å². The maximum absolute atomic E-state index is 11.6. The van der Waals surface area contributed by atoms with Gasteiger partial charge in [-0.05, 0) is 44.2 Å². The third-order valence-electron chi connectivity index (χ3n) is 4.29. The molecule has 0 saturated heterocycles. The van der Waals surface area contributed by atoms with Gasteiger partial charge in [-0.1, -0.05) is 18.2 Å². The molecule has 0 spiro atoms. The van der Waals surface area contributed by atoms with Gasteiger partial charge < -0.3 is 0 Å². The van der Waals surface area contributed by atoms with Crippen LogP contribution in [0.3, 0.4) is 0 Å². The highest BCUT2D eigenvalue weighted by Gasteiger charge is 2.20. The van der Waals surface area contributed by atoms with E-state index in [1.165, 1.54) is 28.7 Å². The summed E-state index contributed by atoms with van der Waals surface area (Å²) >= 11 is 1.80. The molecule has 1 aliphatic rings. The lowest BCUT2D eigenvalue weighted by atomic mass is 9.94. The van der Waals surface area contributed by atoms with E-state index in [4.69, 9.17) is 0 Å². The Balaban J connectivity index is 1.97. The number of nitrogens with zero attached hydrogens (tertiary/aromatic N) is 2. The lowest BCUT2D eigenvalue weighted by molar-refractivity contribution is 0.101. The number of carbonyl (C=O) groups is 1. The van der Waals surface area contributed by atoms with E-state index in [0.29, 0.717) is 0 Å². The zero-order chi connectivity index (χ0) is 15.1. The maximum atomic E-state index is 11.6. The Bertz CT molecular complexity index is 882. The van der Waals surface area contributed by atoms with Crippen LogP contribution in [-0.4, -0.2) is 15.8 Å². The highest BCUT2D eigenvalue weighted by atomic mass is 32.1. The second kappa shape index (κ2) is 5.29. The van der Waals surface area contributed by atoms with Gasteiger partial charge in [0.1, 0.15) is 11.2 Å². The largest absolute Gasteiger partial charge is 0.295 e. The first-order chi connectivity index (χ1) is 10.7. The van der Waals surface area contributed by atoms with Crippen LogP contribution in [0.25, 0.3) is 21.5 Å². The molecule has 110 valence electrons. The van der Waals surface area contributed by atoms with Crippen molar-refractivity contribution in [3.05, 3.63) is 46.6 Å². The van der Waals surface area contributed by atoms with Gasteiger partial charge in [-0.15, -0.1) is 11.3 Å². The van der Waals surface area contributed by atoms with Crippen molar-refractivity contribution >= 4 is 27.3 Å². The van der Waals surface area contributed by atoms with Crippen LogP contribution in [0, 0.1) is 0 Å². The minimum Gasteiger partial charge on any atom is -0.295 e. The summed E-state index contributed by atoms with van der Waals surface area (Å²) in [5, 5.41) is 1.20. The molecule has 3 aromatic rings. The molecule has 1 aromatic carbocycles. The van der Waals surface area contributed by atoms with Crippen molar-refractivity contribution in [1.82, 2.24) is 9.97 Å². The molecule has 0 saturated carbocycles. The van der Waals surface area contributed by atoms with E-state index in [0.717, 1.165) is 34.5 Å². The van der Waals surface area contributed by atoms with Crippen LogP contribution in [-0.2, 0) is 12.8 Å². The van der Waals surface area contributed by atoms with Crippen molar-refractivity contribution in [1.29, 1.82) is 0 Å². The lowest BCUT2D eigenvalue weighted by Gasteiger charge is -2.12. The van der Waals surface area contributed by atoms with Crippen molar-refractivity contribution in [3.8, 4) is 11.3 Å². The predicted octanol–water partition coefficient (Wildman–Crippen LogP) is 4.44. The second-order valence-corrected chi connectivity index (χ2v) is 6.83. The fourth-order valence-corrected chi connectivity index (χ4v) is 4.42. The van der Waals surface area contributed by atoms with Crippen LogP contribution >= 0.6 is 11.3 Å². The van der Waals surface area contributed by atoms with Gasteiger partial charge in [0.2, 0.25) is 0 Å². The van der Waals surface area contributed by atoms with Gasteiger partial charge in [0.25, 0.3) is 0 Å². The van der Waals surface area contributed by atoms with E-state index < -0.39 is 0 Å². The van der Waals surface area contributed by atoms with Crippen molar-refractivity contribution < 1.29 is 4.79 Å². The molecule has 22 heavy (non-hydrogen) atoms. The van der Waals surface area contributed by atoms with Crippen LogP contribution in [0.5, 0.6) is 0 Å². The second-order valence-electron chi connectivity index (χ2n) is 5.75. The summed E-state index contributed by atoms with van der Waals surface area (Å²) in [6.45, 7) is 1.60. The first kappa shape index (κ1) is 13.6. The molecule has 0 fully saturated rings. The normalized spacial score (nSPS) is 14.0. The van der Waals surface area contributed by atoms with E-state index in [1.807, 2.05) is 24.3 Å². The number of benzene rings is 1. The van der Waals surface area contributed by atoms with Crippen LogP contribution in [0.15, 0.2) is 30.6 Å². The van der Waals surface area contributed by atoms with E-state index in [1.54, 1.807) is 24.6 Å². The van der Waals surface area contributed by atoms with Crippen LogP contribution in [0.1, 0.15) is 40.6 Å². The molecule has 4 rings (SSSR count). The molecular formula is C18H16N2OS. The molecule has 0 aliphatic heterocycles. The smallest absolute Gasteiger partial charge is 0.159 e. The first-order valence-corrected chi connectivity index (χ1v) is 8.42. The standard InChI is InChI=1S/C18H16N2OS/c1-11(21)12-5-4-6-13(9-12)17-16-14-7-2-3-8-15(14)22-18(16)20-10-19-17/h4-6,9-10H,2-3,7-8H2,1H3. The van der Waals surface area contributed by atoms with Crippen LogP contribution in [0.4, 0.5) is 0 Å². The predicted molar refractivity (Wildman–Crippen MR) is 89.5 cm³/mol. The van der Waals surface area contributed by atoms with Gasteiger partial charge in [-0.25, -0.2) is 9.97 Å². The van der Waals surface area contributed by atoms with Crippen LogP contribution in [0.2, 0.25) is 0 Å². The van der Waals surface area contributed by atoms with Gasteiger partial charge >= 0.3 is 0 Å². The van der Waals surface area contributed by atoms with Crippen LogP contribution < -0.4 is 0 Å². The number of ketones is 1. The highest BCUT2D eigenvalue weighted by Crippen LogP contribution is 2.39. The summed E-state index contributed by atoms with van der Waals surface area (Å²) in [5.41, 5.74) is 4.13. The van der Waals surface area contributed by atoms with Gasteiger partial charge in [0.15, 0.2) is 5.78 Å². The van der Waals surface area contributed by atoms with E-state index in [-0.39, 0.29) is 5.78 Å². The molecule has 0 atom stereocenters. The van der Waals surface area contributed by atoms with Crippen molar-refractivity contribution in [2.45, 2.75) is 32.6 Å². The number of hydrogen-bond acceptors (Lipinski definition) is 4. The Kier molecular flexibility index (Phi) is 3.26. The lowest BCUT2D eigenvalue weighted by Crippen LogP contribution is -1.99. The molecule has 2 aromatic heterocycles. The summed E-state index contributed by atoms with van der Waals surface area (Å²) in [6, 6.07) is 7.75. The number of hydrogen-bond donors (Lipinski definition) is 0. The van der Waals surface area contributed by atoms with Crippen molar-refractivity contribution in [2.24, 2.45) is 0 Å². The highest BCUT2D eigenvalue weighted by molar-refractivity contribution is 7.18. The fourth-order valence-electron chi connectivity index (χ4n) is 3.19. The van der Waals surface area contributed by atoms with Gasteiger partial charge in [0, 0.05) is 21.4 Å². The zero-order valence-electron chi connectivity index (χ0n) is 12.4. The number of aromatic nitrogens is 2. The maximum Gasteiger partial charge on any atom is 0.159 e. The van der Waals surface area contributed by atoms with Gasteiger partial charge in [-0.2, -0.15) is 0 Å². The summed E-state index contributed by atoms with van der Waals surface area (Å²) < 4.78 is 0. The minimum absolute atomic E-state index is 0.0829. The van der Waals surface area contributed by atoms with E-state index >= 15 is 0 Å². The Morgan fingerprint density at radius 3 is 2.91 bits per heavy atom. The Labute approximate surface area is 133 Å². The molecule has 3 nitrogen and oxygen atoms in total.